The highest BCUT2D eigenvalue weighted by Gasteiger charge is 2.08. The van der Waals surface area contributed by atoms with Gasteiger partial charge in [-0.1, -0.05) is 12.2 Å². The zero-order valence-electron chi connectivity index (χ0n) is 11.4. The van der Waals surface area contributed by atoms with E-state index < -0.39 is 17.1 Å². The Morgan fingerprint density at radius 3 is 2.67 bits per heavy atom. The van der Waals surface area contributed by atoms with E-state index in [0.29, 0.717) is 17.7 Å². The highest BCUT2D eigenvalue weighted by Crippen LogP contribution is 2.10. The molecular formula is C14H14FN3O2S. The topological polar surface area (TPSA) is 70.0 Å². The molecule has 0 radical (unpaired) electrons. The monoisotopic (exact) mass is 307 g/mol. The molecule has 0 aliphatic carbocycles. The lowest BCUT2D eigenvalue weighted by atomic mass is 10.1. The van der Waals surface area contributed by atoms with Gasteiger partial charge in [0.2, 0.25) is 0 Å². The Hall–Kier alpha value is -2.28. The van der Waals surface area contributed by atoms with E-state index in [0.717, 1.165) is 4.57 Å². The summed E-state index contributed by atoms with van der Waals surface area (Å²) in [6.45, 7) is 2.20. The first-order valence-corrected chi connectivity index (χ1v) is 6.72. The molecule has 2 N–H and O–H groups in total. The Morgan fingerprint density at radius 2 is 2.05 bits per heavy atom. The molecule has 0 fully saturated rings. The van der Waals surface area contributed by atoms with Crippen molar-refractivity contribution >= 4 is 17.2 Å². The van der Waals surface area contributed by atoms with E-state index in [9.17, 15) is 14.0 Å². The molecule has 1 heterocycles. The first kappa shape index (κ1) is 15.1. The summed E-state index contributed by atoms with van der Waals surface area (Å²) in [6, 6.07) is 5.33. The smallest absolute Gasteiger partial charge is 0.331 e. The van der Waals surface area contributed by atoms with Crippen LogP contribution in [0.25, 0.3) is 0 Å². The predicted molar refractivity (Wildman–Crippen MR) is 82.0 cm³/mol. The maximum Gasteiger partial charge on any atom is 0.331 e. The summed E-state index contributed by atoms with van der Waals surface area (Å²) < 4.78 is 16.0. The van der Waals surface area contributed by atoms with E-state index in [-0.39, 0.29) is 11.5 Å². The molecule has 0 amide bonds. The maximum atomic E-state index is 13.6. The Balaban J connectivity index is 2.50. The van der Waals surface area contributed by atoms with Gasteiger partial charge in [-0.25, -0.2) is 9.18 Å². The summed E-state index contributed by atoms with van der Waals surface area (Å²) in [5, 5.41) is 0. The van der Waals surface area contributed by atoms with Gasteiger partial charge in [-0.2, -0.15) is 0 Å². The van der Waals surface area contributed by atoms with Crippen molar-refractivity contribution in [2.75, 3.05) is 0 Å². The molecule has 0 atom stereocenters. The summed E-state index contributed by atoms with van der Waals surface area (Å²) in [7, 11) is 0. The highest BCUT2D eigenvalue weighted by molar-refractivity contribution is 7.80. The molecule has 0 bridgehead atoms. The van der Waals surface area contributed by atoms with E-state index in [1.165, 1.54) is 29.0 Å². The second kappa shape index (κ2) is 6.01. The third-order valence-electron chi connectivity index (χ3n) is 3.06. The minimum absolute atomic E-state index is 0.0358. The van der Waals surface area contributed by atoms with E-state index in [1.807, 2.05) is 0 Å². The normalized spacial score (nSPS) is 10.6. The van der Waals surface area contributed by atoms with E-state index >= 15 is 0 Å². The van der Waals surface area contributed by atoms with Crippen LogP contribution in [0.2, 0.25) is 0 Å². The highest BCUT2D eigenvalue weighted by atomic mass is 32.1. The molecule has 2 aromatic rings. The van der Waals surface area contributed by atoms with Gasteiger partial charge in [-0.3, -0.25) is 9.36 Å². The molecule has 1 aromatic heterocycles. The molecule has 21 heavy (non-hydrogen) atoms. The summed E-state index contributed by atoms with van der Waals surface area (Å²) >= 11 is 4.81. The first-order chi connectivity index (χ1) is 9.92. The van der Waals surface area contributed by atoms with Gasteiger partial charge in [0.1, 0.15) is 10.8 Å². The van der Waals surface area contributed by atoms with Crippen molar-refractivity contribution in [1.82, 2.24) is 9.13 Å². The van der Waals surface area contributed by atoms with Crippen molar-refractivity contribution < 1.29 is 4.39 Å². The Bertz CT molecular complexity index is 811. The van der Waals surface area contributed by atoms with Crippen molar-refractivity contribution in [2.45, 2.75) is 20.0 Å². The lowest BCUT2D eigenvalue weighted by Gasteiger charge is -2.09. The first-order valence-electron chi connectivity index (χ1n) is 6.32. The maximum absolute atomic E-state index is 13.6. The van der Waals surface area contributed by atoms with E-state index in [4.69, 9.17) is 18.0 Å². The predicted octanol–water partition coefficient (Wildman–Crippen LogP) is 0.852. The molecule has 7 heteroatoms. The van der Waals surface area contributed by atoms with Gasteiger partial charge in [0.05, 0.1) is 6.54 Å². The lowest BCUT2D eigenvalue weighted by molar-refractivity contribution is 0.592. The van der Waals surface area contributed by atoms with Crippen LogP contribution in [0.15, 0.2) is 40.1 Å². The number of thiocarbonyl (C=S) groups is 1. The summed E-state index contributed by atoms with van der Waals surface area (Å²) in [5.41, 5.74) is 5.41. The number of rotatable bonds is 4. The Kier molecular flexibility index (Phi) is 4.32. The number of halogens is 1. The minimum atomic E-state index is -0.518. The average molecular weight is 307 g/mol. The van der Waals surface area contributed by atoms with Crippen molar-refractivity contribution in [3.05, 3.63) is 68.2 Å². The van der Waals surface area contributed by atoms with Crippen LogP contribution in [0.3, 0.4) is 0 Å². The zero-order valence-corrected chi connectivity index (χ0v) is 12.2. The number of hydrogen-bond donors (Lipinski definition) is 1. The van der Waals surface area contributed by atoms with Crippen LogP contribution in [0.4, 0.5) is 4.39 Å². The lowest BCUT2D eigenvalue weighted by Crippen LogP contribution is -2.39. The van der Waals surface area contributed by atoms with E-state index in [2.05, 4.69) is 0 Å². The zero-order chi connectivity index (χ0) is 15.6. The SMILES string of the molecule is CCn1ccc(=O)n(Cc2cc(F)cc(C(N)=S)c2)c1=O. The minimum Gasteiger partial charge on any atom is -0.389 e. The van der Waals surface area contributed by atoms with Crippen molar-refractivity contribution in [3.8, 4) is 0 Å². The number of benzene rings is 1. The summed E-state index contributed by atoms with van der Waals surface area (Å²) in [4.78, 5) is 24.0. The molecule has 2 rings (SSSR count). The van der Waals surface area contributed by atoms with Gasteiger partial charge in [0.25, 0.3) is 5.56 Å². The molecule has 5 nitrogen and oxygen atoms in total. The third-order valence-corrected chi connectivity index (χ3v) is 3.30. The van der Waals surface area contributed by atoms with Crippen molar-refractivity contribution in [3.63, 3.8) is 0 Å². The molecule has 1 aromatic carbocycles. The number of aromatic nitrogens is 2. The second-order valence-corrected chi connectivity index (χ2v) is 4.96. The Morgan fingerprint density at radius 1 is 1.33 bits per heavy atom. The van der Waals surface area contributed by atoms with Crippen molar-refractivity contribution in [1.29, 1.82) is 0 Å². The molecule has 0 aliphatic rings. The van der Waals surface area contributed by atoms with Crippen LogP contribution in [0, 0.1) is 5.82 Å². The second-order valence-electron chi connectivity index (χ2n) is 4.52. The van der Waals surface area contributed by atoms with Crippen LogP contribution in [-0.4, -0.2) is 14.1 Å². The molecule has 0 saturated heterocycles. The Labute approximate surface area is 125 Å². The van der Waals surface area contributed by atoms with Crippen molar-refractivity contribution in [2.24, 2.45) is 5.73 Å². The molecular weight excluding hydrogens is 293 g/mol. The van der Waals surface area contributed by atoms with Crippen LogP contribution in [0.5, 0.6) is 0 Å². The molecule has 110 valence electrons. The molecule has 0 unspecified atom stereocenters. The van der Waals surface area contributed by atoms with Gasteiger partial charge in [-0.05, 0) is 30.7 Å². The van der Waals surface area contributed by atoms with Gasteiger partial charge in [0, 0.05) is 24.4 Å². The largest absolute Gasteiger partial charge is 0.389 e. The number of nitrogens with two attached hydrogens (primary N) is 1. The standard InChI is InChI=1S/C14H14FN3O2S/c1-2-17-4-3-12(19)18(14(17)20)8-9-5-10(13(16)21)7-11(15)6-9/h3-7H,2,8H2,1H3,(H2,16,21). The fourth-order valence-corrected chi connectivity index (χ4v) is 2.13. The van der Waals surface area contributed by atoms with Gasteiger partial charge in [0.15, 0.2) is 0 Å². The molecule has 0 saturated carbocycles. The van der Waals surface area contributed by atoms with Crippen LogP contribution in [-0.2, 0) is 13.1 Å². The number of aryl methyl sites for hydroxylation is 1. The number of hydrogen-bond acceptors (Lipinski definition) is 3. The van der Waals surface area contributed by atoms with Gasteiger partial charge >= 0.3 is 5.69 Å². The fourth-order valence-electron chi connectivity index (χ4n) is 2.01. The van der Waals surface area contributed by atoms with E-state index in [1.54, 1.807) is 13.0 Å². The fraction of sp³-hybridized carbons (Fsp3) is 0.214. The van der Waals surface area contributed by atoms with Crippen LogP contribution >= 0.6 is 12.2 Å². The van der Waals surface area contributed by atoms with Crippen LogP contribution in [0.1, 0.15) is 18.1 Å². The summed E-state index contributed by atoms with van der Waals surface area (Å²) in [5.74, 6) is -0.518. The van der Waals surface area contributed by atoms with Gasteiger partial charge < -0.3 is 10.3 Å². The quantitative estimate of drug-likeness (QED) is 0.850. The average Bonchev–Trinajstić information content (AvgIpc) is 2.43. The van der Waals surface area contributed by atoms with Gasteiger partial charge in [-0.15, -0.1) is 0 Å². The molecule has 0 spiro atoms. The van der Waals surface area contributed by atoms with Crippen LogP contribution < -0.4 is 17.0 Å². The number of nitrogens with zero attached hydrogens (tertiary/aromatic N) is 2. The summed E-state index contributed by atoms with van der Waals surface area (Å²) in [6.07, 6.45) is 1.44. The third kappa shape index (κ3) is 3.25. The molecule has 0 aliphatic heterocycles.